The molecule has 0 spiro atoms. The van der Waals surface area contributed by atoms with Gasteiger partial charge in [0.15, 0.2) is 0 Å². The molecular weight excluding hydrogens is 587 g/mol. The average molecular weight is 623 g/mol. The number of carbonyl (C=O) groups excluding carboxylic acids is 2. The van der Waals surface area contributed by atoms with Crippen molar-refractivity contribution < 1.29 is 18.7 Å². The zero-order valence-electron chi connectivity index (χ0n) is 25.0. The Morgan fingerprint density at radius 3 is 2.44 bits per heavy atom. The summed E-state index contributed by atoms with van der Waals surface area (Å²) in [5.41, 5.74) is 3.70. The number of benzene rings is 2. The number of aryl methyl sites for hydroxylation is 1. The lowest BCUT2D eigenvalue weighted by atomic mass is 9.89. The van der Waals surface area contributed by atoms with E-state index in [-0.39, 0.29) is 30.2 Å². The molecule has 4 aromatic rings. The fourth-order valence-corrected chi connectivity index (χ4v) is 7.45. The number of nitrogens with one attached hydrogen (secondary N) is 1. The van der Waals surface area contributed by atoms with Gasteiger partial charge in [-0.3, -0.25) is 14.6 Å². The van der Waals surface area contributed by atoms with Gasteiger partial charge in [-0.15, -0.1) is 11.3 Å². The van der Waals surface area contributed by atoms with Crippen molar-refractivity contribution in [2.24, 2.45) is 0 Å². The molecule has 0 unspecified atom stereocenters. The highest BCUT2D eigenvalue weighted by Crippen LogP contribution is 2.41. The van der Waals surface area contributed by atoms with E-state index in [0.29, 0.717) is 37.5 Å². The van der Waals surface area contributed by atoms with E-state index in [1.807, 2.05) is 43.1 Å². The molecule has 1 aliphatic carbocycles. The highest BCUT2D eigenvalue weighted by molar-refractivity contribution is 7.21. The molecule has 1 aliphatic rings. The number of hydrogen-bond donors (Lipinski definition) is 1. The number of ether oxygens (including phenoxy) is 1. The van der Waals surface area contributed by atoms with Crippen molar-refractivity contribution >= 4 is 44.8 Å². The van der Waals surface area contributed by atoms with Gasteiger partial charge < -0.3 is 19.9 Å². The molecule has 2 amide bonds. The lowest BCUT2D eigenvalue weighted by molar-refractivity contribution is 0.0604. The fraction of sp³-hybridized carbons (Fsp3) is 0.364. The Labute approximate surface area is 260 Å². The second kappa shape index (κ2) is 13.0. The Bertz CT molecular complexity index is 1670. The van der Waals surface area contributed by atoms with Gasteiger partial charge in [-0.1, -0.05) is 23.7 Å². The molecule has 0 aliphatic heterocycles. The summed E-state index contributed by atoms with van der Waals surface area (Å²) < 4.78 is 21.0. The number of methoxy groups -OCH3 is 1. The van der Waals surface area contributed by atoms with Crippen LogP contribution in [0.4, 0.5) is 4.39 Å². The maximum Gasteiger partial charge on any atom is 0.271 e. The molecule has 226 valence electrons. The normalized spacial score (nSPS) is 16.7. The van der Waals surface area contributed by atoms with E-state index in [0.717, 1.165) is 59.3 Å². The van der Waals surface area contributed by atoms with Crippen LogP contribution in [0.3, 0.4) is 0 Å². The first-order valence-electron chi connectivity index (χ1n) is 14.3. The standard InChI is InChI=1S/C33H36ClFN4O3S/c1-19-6-12-25(35)30-28(19)29(34)31(43-30)33(41)39(24-10-8-23(36-2)9-11-24)18-22-16-20(7-13-27(22)42-5)21-14-15-37-26(17-21)32(40)38(3)4/h6-7,12-17,23-24,36H,8-11,18H2,1-5H3/t23-,24-. The molecule has 0 bridgehead atoms. The number of carbonyl (C=O) groups is 2. The predicted octanol–water partition coefficient (Wildman–Crippen LogP) is 6.95. The molecule has 43 heavy (non-hydrogen) atoms. The summed E-state index contributed by atoms with van der Waals surface area (Å²) in [6, 6.07) is 12.9. The third-order valence-corrected chi connectivity index (χ3v) is 9.96. The molecule has 1 fully saturated rings. The number of aromatic nitrogens is 1. The summed E-state index contributed by atoms with van der Waals surface area (Å²) in [6.45, 7) is 2.16. The minimum Gasteiger partial charge on any atom is -0.496 e. The Kier molecular flexibility index (Phi) is 9.34. The fourth-order valence-electron chi connectivity index (χ4n) is 5.82. The van der Waals surface area contributed by atoms with Gasteiger partial charge in [-0.2, -0.15) is 0 Å². The van der Waals surface area contributed by atoms with Crippen LogP contribution in [0.15, 0.2) is 48.7 Å². The van der Waals surface area contributed by atoms with Gasteiger partial charge in [0.05, 0.1) is 16.8 Å². The van der Waals surface area contributed by atoms with E-state index in [9.17, 15) is 14.0 Å². The highest BCUT2D eigenvalue weighted by Gasteiger charge is 2.33. The summed E-state index contributed by atoms with van der Waals surface area (Å²) in [5.74, 6) is -0.135. The van der Waals surface area contributed by atoms with Crippen molar-refractivity contribution in [3.63, 3.8) is 0 Å². The first kappa shape index (κ1) is 30.9. The van der Waals surface area contributed by atoms with E-state index < -0.39 is 0 Å². The third kappa shape index (κ3) is 6.25. The van der Waals surface area contributed by atoms with Gasteiger partial charge in [-0.25, -0.2) is 4.39 Å². The highest BCUT2D eigenvalue weighted by atomic mass is 35.5. The summed E-state index contributed by atoms with van der Waals surface area (Å²) in [5, 5.41) is 4.25. The van der Waals surface area contributed by atoms with Crippen molar-refractivity contribution in [1.29, 1.82) is 0 Å². The van der Waals surface area contributed by atoms with Gasteiger partial charge in [-0.05, 0) is 86.7 Å². The summed E-state index contributed by atoms with van der Waals surface area (Å²) in [6.07, 6.45) is 5.16. The van der Waals surface area contributed by atoms with Gasteiger partial charge in [0, 0.05) is 49.9 Å². The van der Waals surface area contributed by atoms with Crippen LogP contribution < -0.4 is 10.1 Å². The summed E-state index contributed by atoms with van der Waals surface area (Å²) in [4.78, 5) is 34.9. The second-order valence-corrected chi connectivity index (χ2v) is 12.6. The average Bonchev–Trinajstić information content (AvgIpc) is 3.39. The van der Waals surface area contributed by atoms with Crippen molar-refractivity contribution in [2.75, 3.05) is 28.3 Å². The maximum atomic E-state index is 14.8. The molecule has 2 aromatic carbocycles. The van der Waals surface area contributed by atoms with Crippen LogP contribution in [0.25, 0.3) is 21.2 Å². The Hall–Kier alpha value is -3.53. The second-order valence-electron chi connectivity index (χ2n) is 11.2. The Morgan fingerprint density at radius 1 is 1.07 bits per heavy atom. The molecule has 7 nitrogen and oxygen atoms in total. The molecule has 0 atom stereocenters. The summed E-state index contributed by atoms with van der Waals surface area (Å²) >= 11 is 7.92. The number of thiophene rings is 1. The lowest BCUT2D eigenvalue weighted by Crippen LogP contribution is -2.44. The van der Waals surface area contributed by atoms with Gasteiger partial charge in [0.1, 0.15) is 22.1 Å². The van der Waals surface area contributed by atoms with E-state index in [1.165, 1.54) is 11.0 Å². The molecule has 2 heterocycles. The van der Waals surface area contributed by atoms with Crippen LogP contribution in [0, 0.1) is 12.7 Å². The zero-order chi connectivity index (χ0) is 30.8. The molecule has 2 aromatic heterocycles. The largest absolute Gasteiger partial charge is 0.496 e. The number of halogens is 2. The molecule has 5 rings (SSSR count). The maximum absolute atomic E-state index is 14.8. The zero-order valence-corrected chi connectivity index (χ0v) is 26.6. The number of nitrogens with zero attached hydrogens (tertiary/aromatic N) is 3. The minimum atomic E-state index is -0.383. The van der Waals surface area contributed by atoms with Crippen LogP contribution in [0.5, 0.6) is 5.75 Å². The summed E-state index contributed by atoms with van der Waals surface area (Å²) in [7, 11) is 6.96. The number of pyridine rings is 1. The number of hydrogen-bond acceptors (Lipinski definition) is 6. The Morgan fingerprint density at radius 2 is 1.79 bits per heavy atom. The van der Waals surface area contributed by atoms with Crippen LogP contribution in [-0.2, 0) is 6.54 Å². The quantitative estimate of drug-likeness (QED) is 0.230. The van der Waals surface area contributed by atoms with Crippen LogP contribution in [0.2, 0.25) is 5.02 Å². The first-order chi connectivity index (χ1) is 20.6. The molecule has 0 radical (unpaired) electrons. The van der Waals surface area contributed by atoms with Crippen molar-refractivity contribution in [3.8, 4) is 16.9 Å². The molecule has 1 N–H and O–H groups in total. The van der Waals surface area contributed by atoms with Gasteiger partial charge in [0.25, 0.3) is 11.8 Å². The lowest BCUT2D eigenvalue weighted by Gasteiger charge is -2.37. The van der Waals surface area contributed by atoms with Crippen LogP contribution >= 0.6 is 22.9 Å². The molecule has 1 saturated carbocycles. The SMILES string of the molecule is CN[C@H]1CC[C@H](N(Cc2cc(-c3ccnc(C(=O)N(C)C)c3)ccc2OC)C(=O)c2sc3c(F)ccc(C)c3c2Cl)CC1. The van der Waals surface area contributed by atoms with Gasteiger partial charge in [0.2, 0.25) is 0 Å². The van der Waals surface area contributed by atoms with E-state index in [1.54, 1.807) is 39.5 Å². The van der Waals surface area contributed by atoms with Crippen molar-refractivity contribution in [1.82, 2.24) is 20.1 Å². The molecule has 10 heteroatoms. The Balaban J connectivity index is 1.55. The number of fused-ring (bicyclic) bond motifs is 1. The van der Waals surface area contributed by atoms with Crippen LogP contribution in [-0.4, -0.2) is 66.9 Å². The van der Waals surface area contributed by atoms with Crippen molar-refractivity contribution in [3.05, 3.63) is 81.2 Å². The number of amides is 2. The third-order valence-electron chi connectivity index (χ3n) is 8.28. The monoisotopic (exact) mass is 622 g/mol. The smallest absolute Gasteiger partial charge is 0.271 e. The van der Waals surface area contributed by atoms with Crippen LogP contribution in [0.1, 0.15) is 57.0 Å². The van der Waals surface area contributed by atoms with E-state index >= 15 is 0 Å². The predicted molar refractivity (Wildman–Crippen MR) is 171 cm³/mol. The topological polar surface area (TPSA) is 74.8 Å². The molecule has 0 saturated heterocycles. The first-order valence-corrected chi connectivity index (χ1v) is 15.5. The number of rotatable bonds is 8. The molecular formula is C33H36ClFN4O3S. The minimum absolute atomic E-state index is 0.0251. The van der Waals surface area contributed by atoms with E-state index in [2.05, 4.69) is 10.3 Å². The van der Waals surface area contributed by atoms with Crippen molar-refractivity contribution in [2.45, 2.75) is 51.2 Å². The van der Waals surface area contributed by atoms with Gasteiger partial charge >= 0.3 is 0 Å². The van der Waals surface area contributed by atoms with E-state index in [4.69, 9.17) is 16.3 Å².